The van der Waals surface area contributed by atoms with Crippen LogP contribution < -0.4 is 0 Å². The van der Waals surface area contributed by atoms with E-state index in [2.05, 4.69) is 232 Å². The van der Waals surface area contributed by atoms with Crippen LogP contribution in [0, 0.1) is 0 Å². The van der Waals surface area contributed by atoms with Crippen molar-refractivity contribution in [3.8, 4) is 78.4 Å². The Morgan fingerprint density at radius 3 is 1.50 bits per heavy atom. The van der Waals surface area contributed by atoms with Crippen molar-refractivity contribution in [2.24, 2.45) is 0 Å². The lowest BCUT2D eigenvalue weighted by atomic mass is 9.70. The van der Waals surface area contributed by atoms with E-state index in [0.717, 1.165) is 33.5 Å². The zero-order chi connectivity index (χ0) is 43.7. The second-order valence-electron chi connectivity index (χ2n) is 18.7. The first kappa shape index (κ1) is 37.2. The third-order valence-electron chi connectivity index (χ3n) is 15.1. The lowest BCUT2D eigenvalue weighted by Crippen LogP contribution is -2.25. The molecule has 0 radical (unpaired) electrons. The number of aromatic nitrogens is 2. The van der Waals surface area contributed by atoms with Crippen LogP contribution in [0.1, 0.15) is 47.2 Å². The van der Waals surface area contributed by atoms with Gasteiger partial charge in [-0.3, -0.25) is 0 Å². The molecule has 66 heavy (non-hydrogen) atoms. The highest BCUT2D eigenvalue weighted by atomic mass is 14.9. The molecule has 3 aliphatic rings. The largest absolute Gasteiger partial charge is 0.228 e. The Bertz CT molecular complexity index is 3810. The minimum absolute atomic E-state index is 0.169. The topological polar surface area (TPSA) is 25.8 Å². The molecule has 11 aromatic rings. The minimum Gasteiger partial charge on any atom is -0.228 e. The van der Waals surface area contributed by atoms with Crippen molar-refractivity contribution in [1.82, 2.24) is 9.97 Å². The molecule has 0 unspecified atom stereocenters. The summed E-state index contributed by atoms with van der Waals surface area (Å²) in [4.78, 5) is 10.8. The Labute approximate surface area is 384 Å². The van der Waals surface area contributed by atoms with Gasteiger partial charge in [-0.05, 0) is 118 Å². The summed E-state index contributed by atoms with van der Waals surface area (Å²) < 4.78 is 0. The molecule has 2 nitrogen and oxygen atoms in total. The quantitative estimate of drug-likeness (QED) is 0.176. The minimum atomic E-state index is -0.406. The lowest BCUT2D eigenvalue weighted by molar-refractivity contribution is 0.661. The van der Waals surface area contributed by atoms with Gasteiger partial charge in [0, 0.05) is 22.1 Å². The van der Waals surface area contributed by atoms with Crippen molar-refractivity contribution >= 4 is 21.5 Å². The summed E-state index contributed by atoms with van der Waals surface area (Å²) in [5, 5.41) is 4.86. The van der Waals surface area contributed by atoms with Gasteiger partial charge in [-0.15, -0.1) is 0 Å². The van der Waals surface area contributed by atoms with Gasteiger partial charge in [0.05, 0.1) is 16.8 Å². The smallest absolute Gasteiger partial charge is 0.160 e. The Hall–Kier alpha value is -8.20. The van der Waals surface area contributed by atoms with Crippen LogP contribution in [0.2, 0.25) is 0 Å². The maximum Gasteiger partial charge on any atom is 0.160 e. The summed E-state index contributed by atoms with van der Waals surface area (Å²) in [6.07, 6.45) is 0. The van der Waals surface area contributed by atoms with Crippen molar-refractivity contribution in [3.05, 3.63) is 252 Å². The van der Waals surface area contributed by atoms with Crippen molar-refractivity contribution in [3.63, 3.8) is 0 Å². The molecule has 0 atom stereocenters. The molecule has 1 spiro atoms. The van der Waals surface area contributed by atoms with Gasteiger partial charge in [0.2, 0.25) is 0 Å². The average Bonchev–Trinajstić information content (AvgIpc) is 3.94. The lowest BCUT2D eigenvalue weighted by Gasteiger charge is -2.30. The predicted octanol–water partition coefficient (Wildman–Crippen LogP) is 16.1. The standard InChI is InChI=1S/C64H42N2/c1-63(2)55-32-17-28-50(61(55)51-36-40-20-6-7-21-41(40)37-57(51)63)59-38-58(65-62(66-59)39-18-4-3-5-19-39)47-35-34-44(42-22-8-9-23-43(42)47)48-27-16-33-56-60(48)49-26-12-15-31-54(49)64(56)52-29-13-10-24-45(52)46-25-11-14-30-53(46)64/h3-38H,1-2H3. The van der Waals surface area contributed by atoms with Gasteiger partial charge in [-0.1, -0.05) is 214 Å². The van der Waals surface area contributed by atoms with E-state index in [1.165, 1.54) is 94.0 Å². The SMILES string of the molecule is CC1(C)c2cc3ccccc3cc2-c2c(-c3cc(-c4ccc(-c5cccc6c5-c5ccccc5C65c6ccccc6-c6ccccc65)c5ccccc45)nc(-c4ccccc4)n3)cccc21. The average molecular weight is 839 g/mol. The summed E-state index contributed by atoms with van der Waals surface area (Å²) in [6.45, 7) is 4.72. The number of hydrogen-bond donors (Lipinski definition) is 0. The fourth-order valence-electron chi connectivity index (χ4n) is 12.3. The first-order valence-corrected chi connectivity index (χ1v) is 23.1. The predicted molar refractivity (Wildman–Crippen MR) is 273 cm³/mol. The fourth-order valence-corrected chi connectivity index (χ4v) is 12.3. The Balaban J connectivity index is 0.987. The monoisotopic (exact) mass is 838 g/mol. The molecule has 2 heteroatoms. The van der Waals surface area contributed by atoms with Crippen LogP contribution in [-0.2, 0) is 10.8 Å². The van der Waals surface area contributed by atoms with Crippen LogP contribution in [0.5, 0.6) is 0 Å². The first-order chi connectivity index (χ1) is 32.5. The molecule has 14 rings (SSSR count). The second-order valence-corrected chi connectivity index (χ2v) is 18.7. The van der Waals surface area contributed by atoms with E-state index < -0.39 is 5.41 Å². The van der Waals surface area contributed by atoms with E-state index >= 15 is 0 Å². The van der Waals surface area contributed by atoms with E-state index in [9.17, 15) is 0 Å². The van der Waals surface area contributed by atoms with Crippen LogP contribution in [0.25, 0.3) is 100.0 Å². The van der Waals surface area contributed by atoms with Gasteiger partial charge in [0.15, 0.2) is 5.82 Å². The van der Waals surface area contributed by atoms with Gasteiger partial charge in [-0.25, -0.2) is 9.97 Å². The number of fused-ring (bicyclic) bond motifs is 15. The summed E-state index contributed by atoms with van der Waals surface area (Å²) >= 11 is 0. The first-order valence-electron chi connectivity index (χ1n) is 23.1. The molecule has 1 heterocycles. The highest BCUT2D eigenvalue weighted by Crippen LogP contribution is 2.64. The van der Waals surface area contributed by atoms with Crippen LogP contribution in [0.15, 0.2) is 218 Å². The maximum atomic E-state index is 5.43. The van der Waals surface area contributed by atoms with Crippen molar-refractivity contribution in [2.45, 2.75) is 24.7 Å². The summed E-state index contributed by atoms with van der Waals surface area (Å²) in [7, 11) is 0. The number of hydrogen-bond acceptors (Lipinski definition) is 2. The Kier molecular flexibility index (Phi) is 7.70. The molecule has 0 N–H and O–H groups in total. The maximum absolute atomic E-state index is 5.43. The zero-order valence-corrected chi connectivity index (χ0v) is 36.7. The van der Waals surface area contributed by atoms with Gasteiger partial charge in [0.25, 0.3) is 0 Å². The molecular weight excluding hydrogens is 797 g/mol. The number of nitrogens with zero attached hydrogens (tertiary/aromatic N) is 2. The van der Waals surface area contributed by atoms with E-state index in [-0.39, 0.29) is 5.41 Å². The molecule has 0 fully saturated rings. The summed E-state index contributed by atoms with van der Waals surface area (Å²) in [5.41, 5.74) is 22.7. The molecule has 0 saturated carbocycles. The highest BCUT2D eigenvalue weighted by molar-refractivity contribution is 6.09. The van der Waals surface area contributed by atoms with Gasteiger partial charge >= 0.3 is 0 Å². The van der Waals surface area contributed by atoms with E-state index in [1.807, 2.05) is 0 Å². The van der Waals surface area contributed by atoms with Gasteiger partial charge < -0.3 is 0 Å². The van der Waals surface area contributed by atoms with Crippen LogP contribution in [0.3, 0.4) is 0 Å². The molecular formula is C64H42N2. The third-order valence-corrected chi connectivity index (χ3v) is 15.1. The Morgan fingerprint density at radius 1 is 0.303 bits per heavy atom. The van der Waals surface area contributed by atoms with Crippen molar-refractivity contribution in [1.29, 1.82) is 0 Å². The highest BCUT2D eigenvalue weighted by Gasteiger charge is 2.52. The van der Waals surface area contributed by atoms with E-state index in [4.69, 9.17) is 9.97 Å². The van der Waals surface area contributed by atoms with E-state index in [1.54, 1.807) is 0 Å². The molecule has 0 bridgehead atoms. The molecule has 0 amide bonds. The third kappa shape index (κ3) is 4.96. The molecule has 0 aliphatic heterocycles. The fraction of sp³-hybridized carbons (Fsp3) is 0.0625. The van der Waals surface area contributed by atoms with Crippen molar-refractivity contribution < 1.29 is 0 Å². The molecule has 0 saturated heterocycles. The molecule has 308 valence electrons. The molecule has 1 aromatic heterocycles. The van der Waals surface area contributed by atoms with Crippen molar-refractivity contribution in [2.75, 3.05) is 0 Å². The summed E-state index contributed by atoms with van der Waals surface area (Å²) in [6, 6.07) is 80.6. The van der Waals surface area contributed by atoms with Crippen LogP contribution in [0.4, 0.5) is 0 Å². The Morgan fingerprint density at radius 2 is 0.788 bits per heavy atom. The van der Waals surface area contributed by atoms with Crippen LogP contribution in [-0.4, -0.2) is 9.97 Å². The number of rotatable bonds is 4. The zero-order valence-electron chi connectivity index (χ0n) is 36.7. The summed E-state index contributed by atoms with van der Waals surface area (Å²) in [5.74, 6) is 0.713. The number of benzene rings is 10. The normalized spacial score (nSPS) is 14.2. The van der Waals surface area contributed by atoms with E-state index in [0.29, 0.717) is 5.82 Å². The van der Waals surface area contributed by atoms with Crippen LogP contribution >= 0.6 is 0 Å². The van der Waals surface area contributed by atoms with Gasteiger partial charge in [0.1, 0.15) is 0 Å². The molecule has 3 aliphatic carbocycles. The molecule has 10 aromatic carbocycles. The second kappa shape index (κ2) is 13.7. The van der Waals surface area contributed by atoms with Gasteiger partial charge in [-0.2, -0.15) is 0 Å².